The average molecular weight is 700 g/mol. The molecule has 1 rings (SSSR count). The van der Waals surface area contributed by atoms with E-state index in [0.717, 1.165) is 12.2 Å². The minimum Gasteiger partial charge on any atom is -0.287 e. The highest BCUT2D eigenvalue weighted by Gasteiger charge is 2.33. The molecule has 1 aliphatic heterocycles. The van der Waals surface area contributed by atoms with Crippen molar-refractivity contribution in [3.63, 3.8) is 0 Å². The fraction of sp³-hybridized carbons (Fsp3) is 1.00. The number of hydrogen-bond acceptors (Lipinski definition) is 2. The van der Waals surface area contributed by atoms with Crippen LogP contribution in [0.3, 0.4) is 0 Å². The van der Waals surface area contributed by atoms with Gasteiger partial charge in [0.05, 0.1) is 6.17 Å². The number of halogens is 1. The lowest BCUT2D eigenvalue weighted by Crippen LogP contribution is -2.44. The number of rotatable bonds is 35. The maximum absolute atomic E-state index is 2.94. The van der Waals surface area contributed by atoms with Gasteiger partial charge in [-0.25, -0.2) is 0 Å². The summed E-state index contributed by atoms with van der Waals surface area (Å²) in [5.41, 5.74) is 0. The van der Waals surface area contributed by atoms with Gasteiger partial charge < -0.3 is 0 Å². The van der Waals surface area contributed by atoms with Gasteiger partial charge in [0.2, 0.25) is 0 Å². The SMILES string of the molecule is Br.CCCCCCCCCCCCCCCCCC(CC)N1CCN(CC)C1CCCCCCCCCCCCCCCCC. The first-order chi connectivity index (χ1) is 21.8. The molecule has 1 aliphatic rings. The Kier molecular flexibility index (Phi) is 36.0. The Morgan fingerprint density at radius 2 is 0.756 bits per heavy atom. The number of hydrogen-bond donors (Lipinski definition) is 0. The molecule has 1 saturated heterocycles. The highest BCUT2D eigenvalue weighted by Crippen LogP contribution is 2.27. The van der Waals surface area contributed by atoms with Gasteiger partial charge in [-0.1, -0.05) is 220 Å². The normalized spacial score (nSPS) is 16.4. The van der Waals surface area contributed by atoms with Gasteiger partial charge in [-0.3, -0.25) is 9.80 Å². The van der Waals surface area contributed by atoms with Gasteiger partial charge in [-0.05, 0) is 25.8 Å². The van der Waals surface area contributed by atoms with E-state index in [2.05, 4.69) is 37.5 Å². The summed E-state index contributed by atoms with van der Waals surface area (Å²) in [6.45, 7) is 13.3. The van der Waals surface area contributed by atoms with Crippen LogP contribution in [-0.4, -0.2) is 41.6 Å². The Morgan fingerprint density at radius 3 is 1.09 bits per heavy atom. The zero-order chi connectivity index (χ0) is 31.8. The first-order valence-corrected chi connectivity index (χ1v) is 21.3. The van der Waals surface area contributed by atoms with E-state index < -0.39 is 0 Å². The predicted octanol–water partition coefficient (Wildman–Crippen LogP) is 14.8. The standard InChI is InChI=1S/C42H86N2.BrH/c1-5-9-11-13-15-17-19-21-23-25-27-29-31-33-35-37-41(7-3)44-40-39-43(8-4)42(44)38-36-34-32-30-28-26-24-22-20-18-16-14-12-10-6-2;/h41-42H,5-40H2,1-4H3;1H. The molecular weight excluding hydrogens is 612 g/mol. The van der Waals surface area contributed by atoms with Gasteiger partial charge in [0.1, 0.15) is 0 Å². The van der Waals surface area contributed by atoms with Crippen LogP contribution in [0.5, 0.6) is 0 Å². The molecule has 0 aromatic heterocycles. The summed E-state index contributed by atoms with van der Waals surface area (Å²) in [5.74, 6) is 0. The van der Waals surface area contributed by atoms with Gasteiger partial charge in [0.25, 0.3) is 0 Å². The highest BCUT2D eigenvalue weighted by molar-refractivity contribution is 8.93. The maximum Gasteiger partial charge on any atom is 0.0625 e. The summed E-state index contributed by atoms with van der Waals surface area (Å²) in [7, 11) is 0. The second kappa shape index (κ2) is 35.7. The molecule has 1 fully saturated rings. The lowest BCUT2D eigenvalue weighted by molar-refractivity contribution is 0.0832. The Labute approximate surface area is 297 Å². The summed E-state index contributed by atoms with van der Waals surface area (Å²) < 4.78 is 0. The van der Waals surface area contributed by atoms with E-state index in [1.54, 1.807) is 0 Å². The third-order valence-corrected chi connectivity index (χ3v) is 11.0. The fourth-order valence-corrected chi connectivity index (χ4v) is 7.95. The molecule has 2 unspecified atom stereocenters. The third kappa shape index (κ3) is 26.0. The van der Waals surface area contributed by atoms with Crippen molar-refractivity contribution in [1.82, 2.24) is 9.80 Å². The minimum atomic E-state index is 0. The largest absolute Gasteiger partial charge is 0.287 e. The van der Waals surface area contributed by atoms with Crippen LogP contribution in [0.25, 0.3) is 0 Å². The van der Waals surface area contributed by atoms with Crippen LogP contribution in [0.4, 0.5) is 0 Å². The fourth-order valence-electron chi connectivity index (χ4n) is 7.95. The molecule has 0 radical (unpaired) electrons. The summed E-state index contributed by atoms with van der Waals surface area (Å²) in [4.78, 5) is 5.73. The van der Waals surface area contributed by atoms with Crippen LogP contribution < -0.4 is 0 Å². The molecule has 272 valence electrons. The molecule has 0 saturated carbocycles. The second-order valence-electron chi connectivity index (χ2n) is 14.9. The molecular formula is C42H87BrN2. The molecule has 0 aliphatic carbocycles. The smallest absolute Gasteiger partial charge is 0.0625 e. The van der Waals surface area contributed by atoms with Crippen molar-refractivity contribution in [1.29, 1.82) is 0 Å². The van der Waals surface area contributed by atoms with E-state index in [1.807, 2.05) is 0 Å². The topological polar surface area (TPSA) is 6.48 Å². The number of likely N-dealkylation sites (N-methyl/N-ethyl adjacent to an activating group) is 1. The first kappa shape index (κ1) is 45.4. The Bertz CT molecular complexity index is 555. The van der Waals surface area contributed by atoms with Crippen molar-refractivity contribution in [2.75, 3.05) is 19.6 Å². The predicted molar refractivity (Wildman–Crippen MR) is 211 cm³/mol. The van der Waals surface area contributed by atoms with Gasteiger partial charge in [0.15, 0.2) is 0 Å². The first-order valence-electron chi connectivity index (χ1n) is 21.3. The van der Waals surface area contributed by atoms with Crippen LogP contribution in [0.1, 0.15) is 240 Å². The molecule has 0 spiro atoms. The second-order valence-corrected chi connectivity index (χ2v) is 14.9. The van der Waals surface area contributed by atoms with Crippen molar-refractivity contribution in [3.05, 3.63) is 0 Å². The maximum atomic E-state index is 2.94. The van der Waals surface area contributed by atoms with E-state index in [-0.39, 0.29) is 17.0 Å². The molecule has 2 nitrogen and oxygen atoms in total. The van der Waals surface area contributed by atoms with Crippen LogP contribution in [-0.2, 0) is 0 Å². The van der Waals surface area contributed by atoms with Gasteiger partial charge in [-0.2, -0.15) is 0 Å². The van der Waals surface area contributed by atoms with Crippen LogP contribution >= 0.6 is 17.0 Å². The molecule has 0 N–H and O–H groups in total. The minimum absolute atomic E-state index is 0. The number of nitrogens with zero attached hydrogens (tertiary/aromatic N) is 2. The van der Waals surface area contributed by atoms with Gasteiger partial charge >= 0.3 is 0 Å². The average Bonchev–Trinajstić information content (AvgIpc) is 3.45. The monoisotopic (exact) mass is 699 g/mol. The van der Waals surface area contributed by atoms with E-state index in [0.29, 0.717) is 0 Å². The van der Waals surface area contributed by atoms with E-state index in [9.17, 15) is 0 Å². The summed E-state index contributed by atoms with van der Waals surface area (Å²) in [6.07, 6.45) is 48.8. The Hall–Kier alpha value is 0.400. The number of unbranched alkanes of at least 4 members (excludes halogenated alkanes) is 28. The zero-order valence-electron chi connectivity index (χ0n) is 31.9. The molecule has 45 heavy (non-hydrogen) atoms. The molecule has 1 heterocycles. The van der Waals surface area contributed by atoms with Crippen LogP contribution in [0, 0.1) is 0 Å². The molecule has 2 atom stereocenters. The molecule has 3 heteroatoms. The van der Waals surface area contributed by atoms with Crippen molar-refractivity contribution in [2.24, 2.45) is 0 Å². The van der Waals surface area contributed by atoms with Gasteiger partial charge in [0, 0.05) is 19.1 Å². The lowest BCUT2D eigenvalue weighted by atomic mass is 10.0. The van der Waals surface area contributed by atoms with Crippen molar-refractivity contribution >= 4 is 17.0 Å². The van der Waals surface area contributed by atoms with E-state index in [4.69, 9.17) is 0 Å². The summed E-state index contributed by atoms with van der Waals surface area (Å²) in [5, 5.41) is 0. The highest BCUT2D eigenvalue weighted by atomic mass is 79.9. The molecule has 0 aromatic rings. The molecule has 0 aromatic carbocycles. The van der Waals surface area contributed by atoms with Crippen molar-refractivity contribution in [3.8, 4) is 0 Å². The quantitative estimate of drug-likeness (QED) is 0.0608. The molecule has 0 amide bonds. The Morgan fingerprint density at radius 1 is 0.422 bits per heavy atom. The summed E-state index contributed by atoms with van der Waals surface area (Å²) >= 11 is 0. The van der Waals surface area contributed by atoms with Crippen molar-refractivity contribution < 1.29 is 0 Å². The lowest BCUT2D eigenvalue weighted by Gasteiger charge is -2.35. The van der Waals surface area contributed by atoms with Crippen LogP contribution in [0.2, 0.25) is 0 Å². The van der Waals surface area contributed by atoms with Gasteiger partial charge in [-0.15, -0.1) is 17.0 Å². The third-order valence-electron chi connectivity index (χ3n) is 11.0. The van der Waals surface area contributed by atoms with Crippen LogP contribution in [0.15, 0.2) is 0 Å². The van der Waals surface area contributed by atoms with Crippen molar-refractivity contribution in [2.45, 2.75) is 252 Å². The molecule has 0 bridgehead atoms. The zero-order valence-corrected chi connectivity index (χ0v) is 33.6. The Balaban J connectivity index is 0.0000194. The van der Waals surface area contributed by atoms with E-state index in [1.165, 1.54) is 232 Å². The summed E-state index contributed by atoms with van der Waals surface area (Å²) in [6, 6.07) is 0.815. The van der Waals surface area contributed by atoms with E-state index >= 15 is 0 Å².